The second kappa shape index (κ2) is 6.80. The Hall–Kier alpha value is -3.68. The second-order valence-electron chi connectivity index (χ2n) is 6.41. The lowest BCUT2D eigenvalue weighted by Gasteiger charge is -2.27. The molecule has 0 unspecified atom stereocenters. The third-order valence-corrected chi connectivity index (χ3v) is 4.65. The van der Waals surface area contributed by atoms with E-state index >= 15 is 0 Å². The van der Waals surface area contributed by atoms with Gasteiger partial charge < -0.3 is 15.8 Å². The largest absolute Gasteiger partial charge is 0.497 e. The van der Waals surface area contributed by atoms with Gasteiger partial charge in [0.05, 0.1) is 12.7 Å². The molecule has 142 valence electrons. The van der Waals surface area contributed by atoms with E-state index < -0.39 is 11.9 Å². The molecule has 28 heavy (non-hydrogen) atoms. The molecule has 1 amide bonds. The molecule has 7 nitrogen and oxygen atoms in total. The Labute approximate surface area is 160 Å². The molecule has 2 heterocycles. The van der Waals surface area contributed by atoms with Crippen LogP contribution in [-0.2, 0) is 4.79 Å². The maximum Gasteiger partial charge on any atom is 0.248 e. The monoisotopic (exact) mass is 379 g/mol. The van der Waals surface area contributed by atoms with E-state index in [2.05, 4.69) is 15.4 Å². The fourth-order valence-corrected chi connectivity index (χ4v) is 3.29. The number of carbonyl (C=O) groups is 1. The van der Waals surface area contributed by atoms with Crippen molar-refractivity contribution in [1.82, 2.24) is 14.8 Å². The summed E-state index contributed by atoms with van der Waals surface area (Å²) in [4.78, 5) is 16.7. The summed E-state index contributed by atoms with van der Waals surface area (Å²) in [5, 5.41) is 7.67. The van der Waals surface area contributed by atoms with E-state index in [4.69, 9.17) is 10.5 Å². The number of nitrogens with one attached hydrogen (secondary N) is 1. The number of hydrogen-bond acceptors (Lipinski definition) is 5. The molecule has 3 aromatic rings. The number of hydrogen-bond donors (Lipinski definition) is 2. The third-order valence-electron chi connectivity index (χ3n) is 4.65. The van der Waals surface area contributed by atoms with E-state index in [-0.39, 0.29) is 5.82 Å². The van der Waals surface area contributed by atoms with Gasteiger partial charge in [0.25, 0.3) is 0 Å². The van der Waals surface area contributed by atoms with Crippen LogP contribution in [-0.4, -0.2) is 27.8 Å². The molecule has 1 aromatic heterocycles. The van der Waals surface area contributed by atoms with E-state index in [0.717, 1.165) is 11.3 Å². The fourth-order valence-electron chi connectivity index (χ4n) is 3.29. The van der Waals surface area contributed by atoms with Gasteiger partial charge in [-0.25, -0.2) is 9.07 Å². The van der Waals surface area contributed by atoms with Gasteiger partial charge in [-0.05, 0) is 48.9 Å². The van der Waals surface area contributed by atoms with Crippen LogP contribution in [0.15, 0.2) is 59.8 Å². The molecular formula is C20H18FN5O2. The molecular weight excluding hydrogens is 361 g/mol. The quantitative estimate of drug-likeness (QED) is 0.727. The minimum atomic E-state index is -0.603. The number of ether oxygens (including phenoxy) is 1. The van der Waals surface area contributed by atoms with Gasteiger partial charge in [0, 0.05) is 11.3 Å². The summed E-state index contributed by atoms with van der Waals surface area (Å²) in [6.07, 6.45) is 0. The minimum absolute atomic E-state index is 0.352. The number of nitrogens with zero attached hydrogens (tertiary/aromatic N) is 3. The standard InChI is InChI=1S/C20H18FN5O2/c1-11-16(18(22)27)17(12-3-7-14(21)8-4-12)26-20(23-11)24-19(25-26)13-5-9-15(28-2)10-6-13/h3-10,17H,1-2H3,(H2,22,27)(H,23,24,25)/t17-/m1/s1. The highest BCUT2D eigenvalue weighted by Crippen LogP contribution is 2.36. The van der Waals surface area contributed by atoms with Crippen molar-refractivity contribution in [2.75, 3.05) is 12.4 Å². The first-order chi connectivity index (χ1) is 13.5. The van der Waals surface area contributed by atoms with Crippen molar-refractivity contribution >= 4 is 11.9 Å². The lowest BCUT2D eigenvalue weighted by molar-refractivity contribution is -0.115. The average Bonchev–Trinajstić information content (AvgIpc) is 3.11. The number of fused-ring (bicyclic) bond motifs is 1. The summed E-state index contributed by atoms with van der Waals surface area (Å²) in [5.41, 5.74) is 8.05. The van der Waals surface area contributed by atoms with Crippen LogP contribution in [0.2, 0.25) is 0 Å². The van der Waals surface area contributed by atoms with Gasteiger partial charge in [0.2, 0.25) is 11.9 Å². The summed E-state index contributed by atoms with van der Waals surface area (Å²) >= 11 is 0. The lowest BCUT2D eigenvalue weighted by Crippen LogP contribution is -2.31. The molecule has 0 bridgehead atoms. The molecule has 0 saturated carbocycles. The Bertz CT molecular complexity index is 1070. The summed E-state index contributed by atoms with van der Waals surface area (Å²) in [6, 6.07) is 12.6. The predicted molar refractivity (Wildman–Crippen MR) is 102 cm³/mol. The Kier molecular flexibility index (Phi) is 4.31. The third kappa shape index (κ3) is 2.98. The van der Waals surface area contributed by atoms with Crippen molar-refractivity contribution in [3.8, 4) is 17.1 Å². The molecule has 0 saturated heterocycles. The van der Waals surface area contributed by atoms with Gasteiger partial charge in [-0.15, -0.1) is 5.10 Å². The minimum Gasteiger partial charge on any atom is -0.497 e. The molecule has 0 spiro atoms. The van der Waals surface area contributed by atoms with E-state index in [1.54, 1.807) is 30.8 Å². The molecule has 2 aromatic carbocycles. The van der Waals surface area contributed by atoms with Gasteiger partial charge in [-0.1, -0.05) is 12.1 Å². The number of anilines is 1. The highest BCUT2D eigenvalue weighted by atomic mass is 19.1. The van der Waals surface area contributed by atoms with Crippen LogP contribution in [0.1, 0.15) is 18.5 Å². The van der Waals surface area contributed by atoms with E-state index in [1.165, 1.54) is 12.1 Å². The summed E-state index contributed by atoms with van der Waals surface area (Å²) < 4.78 is 20.2. The van der Waals surface area contributed by atoms with Crippen LogP contribution in [0.3, 0.4) is 0 Å². The SMILES string of the molecule is COc1ccc(-c2nc3n(n2)[C@H](c2ccc(F)cc2)C(C(N)=O)=C(C)N3)cc1. The number of rotatable bonds is 4. The first-order valence-corrected chi connectivity index (χ1v) is 8.62. The van der Waals surface area contributed by atoms with Crippen molar-refractivity contribution in [3.63, 3.8) is 0 Å². The van der Waals surface area contributed by atoms with Crippen molar-refractivity contribution in [2.45, 2.75) is 13.0 Å². The number of allylic oxidation sites excluding steroid dienone is 1. The van der Waals surface area contributed by atoms with Crippen LogP contribution in [0.5, 0.6) is 5.75 Å². The number of methoxy groups -OCH3 is 1. The zero-order valence-electron chi connectivity index (χ0n) is 15.3. The number of halogens is 1. The molecule has 8 heteroatoms. The Balaban J connectivity index is 1.83. The van der Waals surface area contributed by atoms with Crippen LogP contribution < -0.4 is 15.8 Å². The maximum atomic E-state index is 13.4. The predicted octanol–water partition coefficient (Wildman–Crippen LogP) is 2.87. The van der Waals surface area contributed by atoms with Crippen LogP contribution in [0.25, 0.3) is 11.4 Å². The molecule has 1 aliphatic rings. The number of amides is 1. The second-order valence-corrected chi connectivity index (χ2v) is 6.41. The first-order valence-electron chi connectivity index (χ1n) is 8.62. The fraction of sp³-hybridized carbons (Fsp3) is 0.150. The Morgan fingerprint density at radius 2 is 1.86 bits per heavy atom. The maximum absolute atomic E-state index is 13.4. The van der Waals surface area contributed by atoms with E-state index in [0.29, 0.717) is 28.6 Å². The van der Waals surface area contributed by atoms with Crippen molar-refractivity contribution in [1.29, 1.82) is 0 Å². The molecule has 4 rings (SSSR count). The highest BCUT2D eigenvalue weighted by Gasteiger charge is 2.33. The summed E-state index contributed by atoms with van der Waals surface area (Å²) in [6.45, 7) is 1.75. The molecule has 1 aliphatic heterocycles. The topological polar surface area (TPSA) is 95.1 Å². The number of carbonyl (C=O) groups excluding carboxylic acids is 1. The molecule has 3 N–H and O–H groups in total. The number of primary amides is 1. The Morgan fingerprint density at radius 3 is 2.46 bits per heavy atom. The van der Waals surface area contributed by atoms with Crippen molar-refractivity contribution in [2.24, 2.45) is 5.73 Å². The average molecular weight is 379 g/mol. The van der Waals surface area contributed by atoms with E-state index in [1.807, 2.05) is 24.3 Å². The number of aromatic nitrogens is 3. The molecule has 0 radical (unpaired) electrons. The van der Waals surface area contributed by atoms with Gasteiger partial charge in [-0.2, -0.15) is 4.98 Å². The van der Waals surface area contributed by atoms with Crippen LogP contribution in [0.4, 0.5) is 10.3 Å². The molecule has 0 fully saturated rings. The zero-order chi connectivity index (χ0) is 19.8. The van der Waals surface area contributed by atoms with Crippen LogP contribution >= 0.6 is 0 Å². The van der Waals surface area contributed by atoms with Gasteiger partial charge in [0.1, 0.15) is 17.6 Å². The van der Waals surface area contributed by atoms with Gasteiger partial charge in [0.15, 0.2) is 5.82 Å². The normalized spacial score (nSPS) is 15.8. The molecule has 0 aliphatic carbocycles. The van der Waals surface area contributed by atoms with E-state index in [9.17, 15) is 9.18 Å². The lowest BCUT2D eigenvalue weighted by atomic mass is 9.95. The smallest absolute Gasteiger partial charge is 0.248 e. The van der Waals surface area contributed by atoms with Crippen molar-refractivity contribution < 1.29 is 13.9 Å². The van der Waals surface area contributed by atoms with Crippen LogP contribution in [0, 0.1) is 5.82 Å². The van der Waals surface area contributed by atoms with Crippen molar-refractivity contribution in [3.05, 3.63) is 71.2 Å². The van der Waals surface area contributed by atoms with Gasteiger partial charge in [-0.3, -0.25) is 4.79 Å². The highest BCUT2D eigenvalue weighted by molar-refractivity contribution is 5.95. The molecule has 1 atom stereocenters. The Morgan fingerprint density at radius 1 is 1.18 bits per heavy atom. The summed E-state index contributed by atoms with van der Waals surface area (Å²) in [7, 11) is 1.60. The first kappa shape index (κ1) is 17.7. The number of nitrogens with two attached hydrogens (primary N) is 1. The summed E-state index contributed by atoms with van der Waals surface area (Å²) in [5.74, 6) is 0.741. The van der Waals surface area contributed by atoms with Gasteiger partial charge >= 0.3 is 0 Å². The zero-order valence-corrected chi connectivity index (χ0v) is 15.3. The number of benzene rings is 2.